The van der Waals surface area contributed by atoms with Gasteiger partial charge < -0.3 is 18.9 Å². The van der Waals surface area contributed by atoms with E-state index in [2.05, 4.69) is 6.92 Å². The lowest BCUT2D eigenvalue weighted by Crippen LogP contribution is -2.28. The molecule has 0 N–H and O–H groups in total. The van der Waals surface area contributed by atoms with Gasteiger partial charge in [0.25, 0.3) is 0 Å². The third-order valence-electron chi connectivity index (χ3n) is 5.97. The normalized spacial score (nSPS) is 42.5. The lowest BCUT2D eigenvalue weighted by atomic mass is 9.83. The molecule has 6 nitrogen and oxygen atoms in total. The Balaban J connectivity index is 1.08. The summed E-state index contributed by atoms with van der Waals surface area (Å²) in [4.78, 5) is 24.0. The minimum Gasteiger partial charge on any atom is -0.465 e. The molecule has 0 spiro atoms. The van der Waals surface area contributed by atoms with Crippen LogP contribution in [0.2, 0.25) is 0 Å². The third-order valence-corrected chi connectivity index (χ3v) is 5.97. The van der Waals surface area contributed by atoms with E-state index >= 15 is 0 Å². The van der Waals surface area contributed by atoms with E-state index in [1.165, 1.54) is 0 Å². The molecule has 0 aromatic rings. The highest BCUT2D eigenvalue weighted by molar-refractivity contribution is 5.73. The summed E-state index contributed by atoms with van der Waals surface area (Å²) in [6.45, 7) is 2.73. The molecule has 2 saturated carbocycles. The Bertz CT molecular complexity index is 520. The number of carbonyl (C=O) groups excluding carboxylic acids is 2. The predicted octanol–water partition coefficient (Wildman–Crippen LogP) is 1.99. The second kappa shape index (κ2) is 6.30. The van der Waals surface area contributed by atoms with Crippen LogP contribution in [0.4, 0.5) is 0 Å². The fraction of sp³-hybridized carbons (Fsp3) is 0.889. The van der Waals surface area contributed by atoms with Crippen molar-refractivity contribution >= 4 is 11.9 Å². The summed E-state index contributed by atoms with van der Waals surface area (Å²) in [6.07, 6.45) is 6.63. The van der Waals surface area contributed by atoms with Gasteiger partial charge in [-0.25, -0.2) is 0 Å². The predicted molar refractivity (Wildman–Crippen MR) is 83.2 cm³/mol. The Morgan fingerprint density at radius 2 is 1.71 bits per heavy atom. The van der Waals surface area contributed by atoms with E-state index in [1.54, 1.807) is 0 Å². The van der Waals surface area contributed by atoms with Crippen LogP contribution in [0.3, 0.4) is 0 Å². The molecule has 4 aliphatic rings. The first-order valence-electron chi connectivity index (χ1n) is 9.22. The van der Waals surface area contributed by atoms with Crippen LogP contribution in [0.25, 0.3) is 0 Å². The highest BCUT2D eigenvalue weighted by atomic mass is 16.6. The van der Waals surface area contributed by atoms with Crippen LogP contribution in [0, 0.1) is 11.8 Å². The molecule has 0 amide bonds. The summed E-state index contributed by atoms with van der Waals surface area (Å²) < 4.78 is 21.7. The van der Waals surface area contributed by atoms with Gasteiger partial charge in [-0.15, -0.1) is 0 Å². The van der Waals surface area contributed by atoms with E-state index in [4.69, 9.17) is 18.9 Å². The van der Waals surface area contributed by atoms with Gasteiger partial charge in [-0.2, -0.15) is 0 Å². The maximum absolute atomic E-state index is 12.1. The lowest BCUT2D eigenvalue weighted by Gasteiger charge is -2.21. The number of epoxide rings is 2. The van der Waals surface area contributed by atoms with E-state index in [9.17, 15) is 9.59 Å². The summed E-state index contributed by atoms with van der Waals surface area (Å²) in [5.41, 5.74) is 0.0234. The molecule has 6 heteroatoms. The van der Waals surface area contributed by atoms with Crippen LogP contribution in [-0.2, 0) is 28.5 Å². The quantitative estimate of drug-likeness (QED) is 0.419. The van der Waals surface area contributed by atoms with Crippen molar-refractivity contribution in [2.45, 2.75) is 75.8 Å². The number of hydrogen-bond acceptors (Lipinski definition) is 6. The number of ether oxygens (including phenoxy) is 4. The zero-order valence-electron chi connectivity index (χ0n) is 14.2. The molecule has 4 fully saturated rings. The van der Waals surface area contributed by atoms with Gasteiger partial charge in [-0.3, -0.25) is 9.59 Å². The third kappa shape index (κ3) is 3.45. The molecule has 0 bridgehead atoms. The molecule has 6 unspecified atom stereocenters. The molecule has 24 heavy (non-hydrogen) atoms. The first-order valence-corrected chi connectivity index (χ1v) is 9.22. The standard InChI is InChI=1S/C18H26O6/c1-18-6-5-12(10-15(18)24-18)17(20)22-8-2-7-21-16(19)11-3-4-13-14(9-11)23-13/h11-15H,2-10H2,1H3. The Kier molecular flexibility index (Phi) is 4.29. The Morgan fingerprint density at radius 1 is 1.00 bits per heavy atom. The maximum Gasteiger partial charge on any atom is 0.309 e. The Hall–Kier alpha value is -1.14. The SMILES string of the molecule is CC12CCC(C(=O)OCCCOC(=O)C3CCC4OC4C3)CC1O2. The smallest absolute Gasteiger partial charge is 0.309 e. The van der Waals surface area contributed by atoms with Crippen LogP contribution in [0.1, 0.15) is 51.9 Å². The molecule has 6 atom stereocenters. The molecule has 4 rings (SSSR count). The minimum atomic E-state index is -0.136. The van der Waals surface area contributed by atoms with Gasteiger partial charge >= 0.3 is 11.9 Å². The van der Waals surface area contributed by atoms with Crippen LogP contribution in [0.15, 0.2) is 0 Å². The fourth-order valence-electron chi connectivity index (χ4n) is 4.12. The van der Waals surface area contributed by atoms with Crippen molar-refractivity contribution in [3.63, 3.8) is 0 Å². The molecule has 2 aliphatic heterocycles. The van der Waals surface area contributed by atoms with Crippen molar-refractivity contribution < 1.29 is 28.5 Å². The number of hydrogen-bond donors (Lipinski definition) is 0. The highest BCUT2D eigenvalue weighted by Gasteiger charge is 2.56. The van der Waals surface area contributed by atoms with Crippen LogP contribution in [0.5, 0.6) is 0 Å². The molecule has 2 heterocycles. The van der Waals surface area contributed by atoms with Gasteiger partial charge in [-0.05, 0) is 45.4 Å². The molecule has 2 aliphatic carbocycles. The molecule has 2 saturated heterocycles. The topological polar surface area (TPSA) is 77.7 Å². The van der Waals surface area contributed by atoms with Crippen LogP contribution >= 0.6 is 0 Å². The monoisotopic (exact) mass is 338 g/mol. The van der Waals surface area contributed by atoms with Crippen molar-refractivity contribution in [2.24, 2.45) is 11.8 Å². The first-order chi connectivity index (χ1) is 11.5. The van der Waals surface area contributed by atoms with E-state index < -0.39 is 0 Å². The zero-order chi connectivity index (χ0) is 16.7. The van der Waals surface area contributed by atoms with Crippen molar-refractivity contribution in [3.05, 3.63) is 0 Å². The zero-order valence-corrected chi connectivity index (χ0v) is 14.2. The van der Waals surface area contributed by atoms with Crippen LogP contribution < -0.4 is 0 Å². The summed E-state index contributed by atoms with van der Waals surface area (Å²) in [5, 5.41) is 0. The Morgan fingerprint density at radius 3 is 2.38 bits per heavy atom. The summed E-state index contributed by atoms with van der Waals surface area (Å²) in [5.74, 6) is -0.330. The van der Waals surface area contributed by atoms with Crippen molar-refractivity contribution in [1.82, 2.24) is 0 Å². The summed E-state index contributed by atoms with van der Waals surface area (Å²) in [7, 11) is 0. The van der Waals surface area contributed by atoms with E-state index in [1.807, 2.05) is 0 Å². The molecule has 0 aromatic carbocycles. The van der Waals surface area contributed by atoms with E-state index in [0.717, 1.165) is 38.5 Å². The number of esters is 2. The largest absolute Gasteiger partial charge is 0.465 e. The molecular weight excluding hydrogens is 312 g/mol. The Labute approximate surface area is 142 Å². The molecular formula is C18H26O6. The maximum atomic E-state index is 12.1. The minimum absolute atomic E-state index is 0.0219. The van der Waals surface area contributed by atoms with Gasteiger partial charge in [0.15, 0.2) is 0 Å². The van der Waals surface area contributed by atoms with E-state index in [0.29, 0.717) is 25.7 Å². The second-order valence-corrected chi connectivity index (χ2v) is 7.80. The van der Waals surface area contributed by atoms with Crippen molar-refractivity contribution in [3.8, 4) is 0 Å². The van der Waals surface area contributed by atoms with Crippen LogP contribution in [-0.4, -0.2) is 49.1 Å². The lowest BCUT2D eigenvalue weighted by molar-refractivity contribution is -0.152. The van der Waals surface area contributed by atoms with Gasteiger partial charge in [0.1, 0.15) is 0 Å². The average Bonchev–Trinajstić information content (AvgIpc) is 3.46. The van der Waals surface area contributed by atoms with Crippen molar-refractivity contribution in [1.29, 1.82) is 0 Å². The number of fused-ring (bicyclic) bond motifs is 2. The average molecular weight is 338 g/mol. The van der Waals surface area contributed by atoms with Gasteiger partial charge in [0.2, 0.25) is 0 Å². The summed E-state index contributed by atoms with van der Waals surface area (Å²) >= 11 is 0. The number of carbonyl (C=O) groups is 2. The second-order valence-electron chi connectivity index (χ2n) is 7.80. The van der Waals surface area contributed by atoms with Gasteiger partial charge in [0, 0.05) is 6.42 Å². The molecule has 0 aromatic heterocycles. The van der Waals surface area contributed by atoms with E-state index in [-0.39, 0.29) is 41.6 Å². The first kappa shape index (κ1) is 16.3. The number of rotatable bonds is 6. The molecule has 0 radical (unpaired) electrons. The summed E-state index contributed by atoms with van der Waals surface area (Å²) in [6, 6.07) is 0. The van der Waals surface area contributed by atoms with Gasteiger partial charge in [0.05, 0.1) is 49.0 Å². The molecule has 134 valence electrons. The highest BCUT2D eigenvalue weighted by Crippen LogP contribution is 2.49. The van der Waals surface area contributed by atoms with Crippen molar-refractivity contribution in [2.75, 3.05) is 13.2 Å². The van der Waals surface area contributed by atoms with Gasteiger partial charge in [-0.1, -0.05) is 0 Å². The fourth-order valence-corrected chi connectivity index (χ4v) is 4.12.